The summed E-state index contributed by atoms with van der Waals surface area (Å²) in [7, 11) is 2.11. The zero-order valence-electron chi connectivity index (χ0n) is 11.4. The Balaban J connectivity index is 2.13. The molecule has 104 valence electrons. The molecule has 0 aliphatic carbocycles. The summed E-state index contributed by atoms with van der Waals surface area (Å²) < 4.78 is 0. The van der Waals surface area contributed by atoms with Gasteiger partial charge in [-0.1, -0.05) is 30.3 Å². The first-order chi connectivity index (χ1) is 9.22. The molecule has 0 aromatic heterocycles. The third-order valence-corrected chi connectivity index (χ3v) is 3.88. The van der Waals surface area contributed by atoms with Crippen LogP contribution in [0.4, 0.5) is 0 Å². The molecule has 2 rings (SSSR count). The van der Waals surface area contributed by atoms with Gasteiger partial charge < -0.3 is 9.80 Å². The Kier molecular flexibility index (Phi) is 5.23. The molecule has 1 aliphatic rings. The molecule has 1 saturated heterocycles. The van der Waals surface area contributed by atoms with E-state index in [1.165, 1.54) is 5.56 Å². The minimum Gasteiger partial charge on any atom is -0.333 e. The topological polar surface area (TPSA) is 23.6 Å². The Bertz CT molecular complexity index is 410. The number of rotatable bonds is 4. The van der Waals surface area contributed by atoms with E-state index in [0.717, 1.165) is 26.1 Å². The Morgan fingerprint density at radius 2 is 2.05 bits per heavy atom. The number of hydrogen-bond acceptors (Lipinski definition) is 2. The van der Waals surface area contributed by atoms with Crippen molar-refractivity contribution in [2.24, 2.45) is 0 Å². The molecule has 1 amide bonds. The molecule has 19 heavy (non-hydrogen) atoms. The standard InChI is InChI=1S/C15H21ClN2O/c1-17-10-11-18(15(19)8-5-9-16)14(12-17)13-6-3-2-4-7-13/h2-4,6-7,14H,5,8-12H2,1H3. The van der Waals surface area contributed by atoms with E-state index in [1.807, 2.05) is 23.1 Å². The summed E-state index contributed by atoms with van der Waals surface area (Å²) >= 11 is 5.68. The summed E-state index contributed by atoms with van der Waals surface area (Å²) in [6.45, 7) is 2.64. The Morgan fingerprint density at radius 1 is 1.32 bits per heavy atom. The molecular weight excluding hydrogens is 260 g/mol. The fourth-order valence-corrected chi connectivity index (χ4v) is 2.67. The van der Waals surface area contributed by atoms with Gasteiger partial charge in [-0.2, -0.15) is 0 Å². The molecule has 1 aliphatic heterocycles. The molecule has 3 nitrogen and oxygen atoms in total. The molecule has 1 fully saturated rings. The van der Waals surface area contributed by atoms with Gasteiger partial charge in [-0.05, 0) is 19.0 Å². The predicted molar refractivity (Wildman–Crippen MR) is 78.3 cm³/mol. The van der Waals surface area contributed by atoms with E-state index < -0.39 is 0 Å². The maximum absolute atomic E-state index is 12.3. The maximum Gasteiger partial charge on any atom is 0.223 e. The second kappa shape index (κ2) is 6.92. The van der Waals surface area contributed by atoms with Crippen LogP contribution in [-0.4, -0.2) is 48.3 Å². The number of alkyl halides is 1. The number of piperazine rings is 1. The predicted octanol–water partition coefficient (Wildman–Crippen LogP) is 2.52. The average molecular weight is 281 g/mol. The fourth-order valence-electron chi connectivity index (χ4n) is 2.54. The summed E-state index contributed by atoms with van der Waals surface area (Å²) in [6, 6.07) is 10.5. The summed E-state index contributed by atoms with van der Waals surface area (Å²) in [5.41, 5.74) is 1.22. The number of carbonyl (C=O) groups excluding carboxylic acids is 1. The lowest BCUT2D eigenvalue weighted by Gasteiger charge is -2.40. The highest BCUT2D eigenvalue weighted by atomic mass is 35.5. The van der Waals surface area contributed by atoms with Crippen molar-refractivity contribution in [3.63, 3.8) is 0 Å². The van der Waals surface area contributed by atoms with Gasteiger partial charge in [0.15, 0.2) is 0 Å². The van der Waals surface area contributed by atoms with Crippen molar-refractivity contribution in [2.45, 2.75) is 18.9 Å². The van der Waals surface area contributed by atoms with Gasteiger partial charge in [0.2, 0.25) is 5.91 Å². The maximum atomic E-state index is 12.3. The van der Waals surface area contributed by atoms with Gasteiger partial charge >= 0.3 is 0 Å². The number of carbonyl (C=O) groups is 1. The van der Waals surface area contributed by atoms with E-state index in [4.69, 9.17) is 11.6 Å². The van der Waals surface area contributed by atoms with Crippen molar-refractivity contribution >= 4 is 17.5 Å². The van der Waals surface area contributed by atoms with Crippen LogP contribution in [0.1, 0.15) is 24.4 Å². The second-order valence-corrected chi connectivity index (χ2v) is 5.45. The van der Waals surface area contributed by atoms with Crippen LogP contribution in [0.3, 0.4) is 0 Å². The van der Waals surface area contributed by atoms with Gasteiger partial charge in [-0.3, -0.25) is 4.79 Å². The van der Waals surface area contributed by atoms with Crippen molar-refractivity contribution in [3.05, 3.63) is 35.9 Å². The molecule has 1 aromatic rings. The summed E-state index contributed by atoms with van der Waals surface area (Å²) in [5, 5.41) is 0. The molecule has 0 saturated carbocycles. The van der Waals surface area contributed by atoms with Crippen molar-refractivity contribution in [3.8, 4) is 0 Å². The lowest BCUT2D eigenvalue weighted by atomic mass is 10.0. The van der Waals surface area contributed by atoms with Crippen LogP contribution in [0.15, 0.2) is 30.3 Å². The second-order valence-electron chi connectivity index (χ2n) is 5.07. The first kappa shape index (κ1) is 14.4. The van der Waals surface area contributed by atoms with Crippen molar-refractivity contribution < 1.29 is 4.79 Å². The Morgan fingerprint density at radius 3 is 2.74 bits per heavy atom. The number of benzene rings is 1. The number of halogens is 1. The summed E-state index contributed by atoms with van der Waals surface area (Å²) in [4.78, 5) is 16.6. The summed E-state index contributed by atoms with van der Waals surface area (Å²) in [6.07, 6.45) is 1.31. The number of nitrogens with zero attached hydrogens (tertiary/aromatic N) is 2. The zero-order valence-corrected chi connectivity index (χ0v) is 12.1. The first-order valence-corrected chi connectivity index (χ1v) is 7.34. The Hall–Kier alpha value is -1.06. The average Bonchev–Trinajstić information content (AvgIpc) is 2.45. The van der Waals surface area contributed by atoms with Crippen LogP contribution < -0.4 is 0 Å². The molecule has 1 aromatic carbocycles. The van der Waals surface area contributed by atoms with Gasteiger partial charge in [0.1, 0.15) is 0 Å². The molecule has 0 N–H and O–H groups in total. The van der Waals surface area contributed by atoms with E-state index in [2.05, 4.69) is 24.1 Å². The van der Waals surface area contributed by atoms with Crippen molar-refractivity contribution in [2.75, 3.05) is 32.6 Å². The lowest BCUT2D eigenvalue weighted by Crippen LogP contribution is -2.49. The Labute approximate surface area is 120 Å². The molecule has 1 unspecified atom stereocenters. The van der Waals surface area contributed by atoms with Gasteiger partial charge in [0, 0.05) is 31.9 Å². The van der Waals surface area contributed by atoms with Crippen LogP contribution in [0, 0.1) is 0 Å². The molecule has 0 bridgehead atoms. The van der Waals surface area contributed by atoms with E-state index in [-0.39, 0.29) is 11.9 Å². The van der Waals surface area contributed by atoms with Crippen LogP contribution >= 0.6 is 11.6 Å². The minimum absolute atomic E-state index is 0.169. The highest BCUT2D eigenvalue weighted by molar-refractivity contribution is 6.17. The van der Waals surface area contributed by atoms with E-state index >= 15 is 0 Å². The van der Waals surface area contributed by atoms with Crippen LogP contribution in [0.5, 0.6) is 0 Å². The molecule has 4 heteroatoms. The van der Waals surface area contributed by atoms with Gasteiger partial charge in [0.25, 0.3) is 0 Å². The normalized spacial score (nSPS) is 20.5. The van der Waals surface area contributed by atoms with Crippen LogP contribution in [0.2, 0.25) is 0 Å². The van der Waals surface area contributed by atoms with Crippen LogP contribution in [0.25, 0.3) is 0 Å². The zero-order chi connectivity index (χ0) is 13.7. The van der Waals surface area contributed by atoms with E-state index in [1.54, 1.807) is 0 Å². The van der Waals surface area contributed by atoms with Crippen LogP contribution in [-0.2, 0) is 4.79 Å². The fraction of sp³-hybridized carbons (Fsp3) is 0.533. The smallest absolute Gasteiger partial charge is 0.223 e. The molecule has 1 heterocycles. The molecular formula is C15H21ClN2O. The van der Waals surface area contributed by atoms with E-state index in [0.29, 0.717) is 12.3 Å². The number of likely N-dealkylation sites (N-methyl/N-ethyl adjacent to an activating group) is 1. The van der Waals surface area contributed by atoms with Gasteiger partial charge in [-0.25, -0.2) is 0 Å². The first-order valence-electron chi connectivity index (χ1n) is 6.81. The lowest BCUT2D eigenvalue weighted by molar-refractivity contribution is -0.136. The number of hydrogen-bond donors (Lipinski definition) is 0. The van der Waals surface area contributed by atoms with E-state index in [9.17, 15) is 4.79 Å². The monoisotopic (exact) mass is 280 g/mol. The third kappa shape index (κ3) is 3.71. The largest absolute Gasteiger partial charge is 0.333 e. The van der Waals surface area contributed by atoms with Gasteiger partial charge in [-0.15, -0.1) is 11.6 Å². The van der Waals surface area contributed by atoms with Crippen molar-refractivity contribution in [1.82, 2.24) is 9.80 Å². The quantitative estimate of drug-likeness (QED) is 0.792. The highest BCUT2D eigenvalue weighted by Gasteiger charge is 2.29. The third-order valence-electron chi connectivity index (χ3n) is 3.61. The molecule has 1 atom stereocenters. The molecule has 0 spiro atoms. The summed E-state index contributed by atoms with van der Waals surface area (Å²) in [5.74, 6) is 0.776. The SMILES string of the molecule is CN1CCN(C(=O)CCCCl)C(c2ccccc2)C1. The minimum atomic E-state index is 0.169. The van der Waals surface area contributed by atoms with Crippen molar-refractivity contribution in [1.29, 1.82) is 0 Å². The van der Waals surface area contributed by atoms with Gasteiger partial charge in [0.05, 0.1) is 6.04 Å². The number of amides is 1. The molecule has 0 radical (unpaired) electrons. The highest BCUT2D eigenvalue weighted by Crippen LogP contribution is 2.25.